The summed E-state index contributed by atoms with van der Waals surface area (Å²) in [6.07, 6.45) is 0. The van der Waals surface area contributed by atoms with Crippen LogP contribution in [0.1, 0.15) is 0 Å². The maximum absolute atomic E-state index is 7.49. The Hall–Kier alpha value is -11.6. The second kappa shape index (κ2) is 18.5. The van der Waals surface area contributed by atoms with Crippen LogP contribution in [0.5, 0.6) is 0 Å². The van der Waals surface area contributed by atoms with Gasteiger partial charge in [0.05, 0.1) is 89.4 Å². The highest BCUT2D eigenvalue weighted by molar-refractivity contribution is 6.18. The molecule has 6 aromatic heterocycles. The molecule has 0 aliphatic heterocycles. The van der Waals surface area contributed by atoms with Crippen molar-refractivity contribution in [2.45, 2.75) is 0 Å². The third-order valence-electron chi connectivity index (χ3n) is 17.2. The number of nitrogens with zero attached hydrogens (tertiary/aromatic N) is 7. The van der Waals surface area contributed by atoms with Crippen molar-refractivity contribution in [2.24, 2.45) is 0 Å². The van der Waals surface area contributed by atoms with Crippen molar-refractivity contribution in [1.82, 2.24) is 33.2 Å². The largest absolute Gasteiger partial charge is 0.436 e. The summed E-state index contributed by atoms with van der Waals surface area (Å²) in [5.74, 6) is 1.06. The quantitative estimate of drug-likeness (QED) is 0.152. The molecule has 12 aromatic carbocycles. The van der Waals surface area contributed by atoms with Gasteiger partial charge in [-0.3, -0.25) is 0 Å². The number of hydrogen-bond donors (Lipinski definition) is 0. The molecule has 0 fully saturated rings. The average molecular weight is 1090 g/mol. The minimum Gasteiger partial charge on any atom is -0.436 e. The molecule has 0 aliphatic carbocycles. The Labute approximate surface area is 486 Å². The van der Waals surface area contributed by atoms with Gasteiger partial charge in [0.25, 0.3) is 0 Å². The molecule has 18 aromatic rings. The Balaban J connectivity index is 1.23. The number of benzene rings is 12. The predicted molar refractivity (Wildman–Crippen MR) is 349 cm³/mol. The van der Waals surface area contributed by atoms with Gasteiger partial charge < -0.3 is 22.7 Å². The first-order chi connectivity index (χ1) is 42.2. The third-order valence-corrected chi connectivity index (χ3v) is 17.2. The number of hydrogen-bond acceptors (Lipinski definition) is 4. The minimum atomic E-state index is 0.461. The first kappa shape index (κ1) is 47.1. The number of aromatic nitrogens is 7. The van der Waals surface area contributed by atoms with Crippen LogP contribution in [0, 0.1) is 0 Å². The Morgan fingerprint density at radius 1 is 0.247 bits per heavy atom. The summed E-state index contributed by atoms with van der Waals surface area (Å²) in [6.45, 7) is 0. The van der Waals surface area contributed by atoms with E-state index in [-0.39, 0.29) is 0 Å². The highest BCUT2D eigenvalue weighted by atomic mass is 16.3. The summed E-state index contributed by atoms with van der Waals surface area (Å²) < 4.78 is 17.5. The molecular weight excluding hydrogens is 1040 g/mol. The van der Waals surface area contributed by atoms with Crippen LogP contribution in [-0.2, 0) is 0 Å². The van der Waals surface area contributed by atoms with E-state index in [9.17, 15) is 0 Å². The molecule has 8 heteroatoms. The summed E-state index contributed by atoms with van der Waals surface area (Å²) >= 11 is 0. The molecule has 0 spiro atoms. The Morgan fingerprint density at radius 3 is 0.906 bits per heavy atom. The molecule has 0 bridgehead atoms. The van der Waals surface area contributed by atoms with E-state index in [1.165, 1.54) is 0 Å². The van der Waals surface area contributed by atoms with Gasteiger partial charge in [-0.05, 0) is 66.7 Å². The van der Waals surface area contributed by atoms with Crippen LogP contribution in [0.25, 0.3) is 166 Å². The van der Waals surface area contributed by atoms with Crippen LogP contribution in [0.2, 0.25) is 0 Å². The minimum absolute atomic E-state index is 0.461. The SMILES string of the molecule is c1ccc(-c2cc(-c3c(-n4c5ccccc5c5ccccc54)c(-n4c5ccccc5c5ccccc54)c(-c4nc5ccccc5o4)c(-n4c5ccccc5c5ccccc54)c3-n3c4ccccc4c4ccccc43)nc(-c3ccccc3)n2)cc1. The second-order valence-electron chi connectivity index (χ2n) is 21.8. The molecule has 0 aliphatic rings. The summed E-state index contributed by atoms with van der Waals surface area (Å²) in [5, 5.41) is 8.90. The van der Waals surface area contributed by atoms with Crippen molar-refractivity contribution in [2.75, 3.05) is 0 Å². The molecule has 85 heavy (non-hydrogen) atoms. The molecule has 8 nitrogen and oxygen atoms in total. The van der Waals surface area contributed by atoms with Crippen molar-refractivity contribution in [3.8, 4) is 68.1 Å². The van der Waals surface area contributed by atoms with E-state index in [2.05, 4.69) is 279 Å². The Kier molecular flexibility index (Phi) is 10.2. The van der Waals surface area contributed by atoms with E-state index in [1.54, 1.807) is 0 Å². The Bertz CT molecular complexity index is 5190. The smallest absolute Gasteiger partial charge is 0.231 e. The van der Waals surface area contributed by atoms with Gasteiger partial charge in [0.15, 0.2) is 11.4 Å². The van der Waals surface area contributed by atoms with E-state index in [0.29, 0.717) is 17.3 Å². The third kappa shape index (κ3) is 6.94. The fourth-order valence-electron chi connectivity index (χ4n) is 13.7. The molecule has 0 saturated carbocycles. The molecular formula is C77H47N7O. The molecule has 18 rings (SSSR count). The highest BCUT2D eigenvalue weighted by Crippen LogP contribution is 2.55. The van der Waals surface area contributed by atoms with Gasteiger partial charge >= 0.3 is 0 Å². The van der Waals surface area contributed by atoms with Crippen molar-refractivity contribution in [1.29, 1.82) is 0 Å². The molecule has 0 N–H and O–H groups in total. The van der Waals surface area contributed by atoms with E-state index >= 15 is 0 Å². The van der Waals surface area contributed by atoms with Crippen LogP contribution in [0.4, 0.5) is 0 Å². The van der Waals surface area contributed by atoms with Crippen LogP contribution < -0.4 is 0 Å². The van der Waals surface area contributed by atoms with E-state index < -0.39 is 0 Å². The first-order valence-corrected chi connectivity index (χ1v) is 28.8. The summed E-state index contributed by atoms with van der Waals surface area (Å²) in [5.41, 5.74) is 18.1. The predicted octanol–water partition coefficient (Wildman–Crippen LogP) is 19.7. The molecule has 0 unspecified atom stereocenters. The van der Waals surface area contributed by atoms with Crippen molar-refractivity contribution in [3.05, 3.63) is 285 Å². The highest BCUT2D eigenvalue weighted by Gasteiger charge is 2.38. The van der Waals surface area contributed by atoms with E-state index in [0.717, 1.165) is 149 Å². The van der Waals surface area contributed by atoms with Crippen molar-refractivity contribution < 1.29 is 4.42 Å². The molecule has 396 valence electrons. The molecule has 0 amide bonds. The van der Waals surface area contributed by atoms with Crippen molar-refractivity contribution >= 4 is 98.3 Å². The van der Waals surface area contributed by atoms with Crippen LogP contribution >= 0.6 is 0 Å². The molecule has 0 radical (unpaired) electrons. The first-order valence-electron chi connectivity index (χ1n) is 28.8. The zero-order chi connectivity index (χ0) is 55.7. The lowest BCUT2D eigenvalue weighted by Gasteiger charge is -2.30. The van der Waals surface area contributed by atoms with E-state index in [4.69, 9.17) is 19.4 Å². The van der Waals surface area contributed by atoms with Gasteiger partial charge in [-0.1, -0.05) is 218 Å². The monoisotopic (exact) mass is 1090 g/mol. The molecule has 0 saturated heterocycles. The fourth-order valence-corrected chi connectivity index (χ4v) is 13.7. The normalized spacial score (nSPS) is 12.0. The summed E-state index contributed by atoms with van der Waals surface area (Å²) in [7, 11) is 0. The maximum atomic E-state index is 7.49. The van der Waals surface area contributed by atoms with Gasteiger partial charge in [0, 0.05) is 54.2 Å². The topological polar surface area (TPSA) is 71.5 Å². The average Bonchev–Trinajstić information content (AvgIpc) is 1.69. The lowest BCUT2D eigenvalue weighted by Crippen LogP contribution is -2.16. The van der Waals surface area contributed by atoms with Gasteiger partial charge in [0.1, 0.15) is 5.52 Å². The van der Waals surface area contributed by atoms with Gasteiger partial charge in [-0.15, -0.1) is 0 Å². The standard InChI is InChI=1S/C77H47N7O/c1-3-25-48(26-4-1)59-47-60(79-76(78-59)49-27-5-2-6-28-49)70-72(81-61-38-16-7-29-50(61)51-30-8-17-39-62(51)81)74(83-65-42-20-11-33-54(65)55-34-12-21-43-66(55)83)71(77-80-58-37-15-24-46-69(58)85-77)75(84-67-44-22-13-35-56(67)57-36-14-23-45-68(57)84)73(70)82-63-40-18-9-31-52(63)53-32-10-19-41-64(53)82/h1-47H. The van der Waals surface area contributed by atoms with Crippen molar-refractivity contribution in [3.63, 3.8) is 0 Å². The number of oxazole rings is 1. The van der Waals surface area contributed by atoms with Gasteiger partial charge in [-0.25, -0.2) is 15.0 Å². The maximum Gasteiger partial charge on any atom is 0.231 e. The number of para-hydroxylation sites is 10. The zero-order valence-electron chi connectivity index (χ0n) is 45.7. The molecule has 0 atom stereocenters. The second-order valence-corrected chi connectivity index (χ2v) is 21.8. The molecule has 6 heterocycles. The lowest BCUT2D eigenvalue weighted by molar-refractivity contribution is 0.619. The van der Waals surface area contributed by atoms with Crippen LogP contribution in [0.15, 0.2) is 290 Å². The van der Waals surface area contributed by atoms with Crippen LogP contribution in [-0.4, -0.2) is 33.2 Å². The summed E-state index contributed by atoms with van der Waals surface area (Å²) in [4.78, 5) is 17.2. The van der Waals surface area contributed by atoms with Gasteiger partial charge in [-0.2, -0.15) is 0 Å². The lowest BCUT2D eigenvalue weighted by atomic mass is 9.94. The number of fused-ring (bicyclic) bond motifs is 13. The van der Waals surface area contributed by atoms with E-state index in [1.807, 2.05) is 24.3 Å². The Morgan fingerprint density at radius 2 is 0.541 bits per heavy atom. The fraction of sp³-hybridized carbons (Fsp3) is 0. The van der Waals surface area contributed by atoms with Crippen LogP contribution in [0.3, 0.4) is 0 Å². The number of rotatable bonds is 8. The zero-order valence-corrected chi connectivity index (χ0v) is 45.7. The summed E-state index contributed by atoms with van der Waals surface area (Å²) in [6, 6.07) is 102. The van der Waals surface area contributed by atoms with Gasteiger partial charge in [0.2, 0.25) is 5.89 Å².